The molecule has 1 atom stereocenters. The van der Waals surface area contributed by atoms with Crippen LogP contribution in [-0.2, 0) is 20.9 Å². The van der Waals surface area contributed by atoms with Crippen LogP contribution in [0.15, 0.2) is 18.2 Å². The van der Waals surface area contributed by atoms with Crippen LogP contribution < -0.4 is 15.4 Å². The van der Waals surface area contributed by atoms with Gasteiger partial charge in [0.1, 0.15) is 17.5 Å². The highest BCUT2D eigenvalue weighted by Crippen LogP contribution is 2.38. The van der Waals surface area contributed by atoms with Gasteiger partial charge in [-0.2, -0.15) is 0 Å². The first kappa shape index (κ1) is 27.3. The van der Waals surface area contributed by atoms with Gasteiger partial charge in [0.2, 0.25) is 11.8 Å². The number of phenols is 1. The maximum absolute atomic E-state index is 13.7. The van der Waals surface area contributed by atoms with Gasteiger partial charge in [-0.15, -0.1) is 0 Å². The molecule has 2 saturated heterocycles. The van der Waals surface area contributed by atoms with Gasteiger partial charge in [0.05, 0.1) is 12.5 Å². The molecule has 2 aliphatic heterocycles. The number of benzene rings is 1. The summed E-state index contributed by atoms with van der Waals surface area (Å²) < 4.78 is 11.0. The number of ether oxygens (including phenoxy) is 2. The Morgan fingerprint density at radius 1 is 1.14 bits per heavy atom. The molecular weight excluding hydrogens is 446 g/mol. The highest BCUT2D eigenvalue weighted by atomic mass is 16.5. The molecule has 2 aliphatic rings. The minimum Gasteiger partial charge on any atom is -0.508 e. The summed E-state index contributed by atoms with van der Waals surface area (Å²) in [6, 6.07) is 4.75. The van der Waals surface area contributed by atoms with Gasteiger partial charge in [-0.05, 0) is 75.7 Å². The summed E-state index contributed by atoms with van der Waals surface area (Å²) in [4.78, 5) is 28.8. The van der Waals surface area contributed by atoms with Crippen LogP contribution in [0.1, 0.15) is 64.4 Å². The first-order valence-electron chi connectivity index (χ1n) is 13.1. The first-order valence-corrected chi connectivity index (χ1v) is 13.1. The van der Waals surface area contributed by atoms with E-state index >= 15 is 0 Å². The summed E-state index contributed by atoms with van der Waals surface area (Å²) in [6.07, 6.45) is 5.47. The average Bonchev–Trinajstić information content (AvgIpc) is 2.84. The fraction of sp³-hybridized carbons (Fsp3) is 0.704. The van der Waals surface area contributed by atoms with Crippen LogP contribution in [0.3, 0.4) is 0 Å². The second-order valence-electron chi connectivity index (χ2n) is 10.4. The fourth-order valence-electron chi connectivity index (χ4n) is 5.08. The van der Waals surface area contributed by atoms with E-state index in [1.165, 1.54) is 0 Å². The summed E-state index contributed by atoms with van der Waals surface area (Å²) in [6.45, 7) is 8.12. The molecule has 0 aliphatic carbocycles. The summed E-state index contributed by atoms with van der Waals surface area (Å²) in [5.74, 6) is 1.16. The van der Waals surface area contributed by atoms with Gasteiger partial charge < -0.3 is 25.2 Å². The predicted molar refractivity (Wildman–Crippen MR) is 135 cm³/mol. The van der Waals surface area contributed by atoms with Crippen molar-refractivity contribution in [3.8, 4) is 11.5 Å². The Bertz CT molecular complexity index is 836. The molecule has 1 spiro atoms. The number of piperidine rings is 1. The number of likely N-dealkylation sites (tertiary alicyclic amines) is 1. The highest BCUT2D eigenvalue weighted by Gasteiger charge is 2.42. The van der Waals surface area contributed by atoms with Crippen LogP contribution >= 0.6 is 0 Å². The normalized spacial score (nSPS) is 22.9. The Hall–Kier alpha value is -2.32. The van der Waals surface area contributed by atoms with Gasteiger partial charge in [-0.1, -0.05) is 20.3 Å². The molecule has 1 aromatic carbocycles. The molecule has 35 heavy (non-hydrogen) atoms. The number of nitrogens with zero attached hydrogens (tertiary/aromatic N) is 1. The maximum Gasteiger partial charge on any atom is 0.242 e. The van der Waals surface area contributed by atoms with E-state index in [4.69, 9.17) is 9.47 Å². The van der Waals surface area contributed by atoms with Crippen molar-refractivity contribution >= 4 is 11.8 Å². The minimum absolute atomic E-state index is 0.000144. The van der Waals surface area contributed by atoms with Crippen molar-refractivity contribution in [3.63, 3.8) is 0 Å². The van der Waals surface area contributed by atoms with Crippen molar-refractivity contribution in [2.75, 3.05) is 40.0 Å². The lowest BCUT2D eigenvalue weighted by Gasteiger charge is -2.41. The number of nitrogens with one attached hydrogen (secondary N) is 2. The number of rotatable bonds is 5. The van der Waals surface area contributed by atoms with E-state index in [0.717, 1.165) is 57.2 Å². The predicted octanol–water partition coefficient (Wildman–Crippen LogP) is 3.22. The third-order valence-corrected chi connectivity index (χ3v) is 7.26. The van der Waals surface area contributed by atoms with E-state index in [1.54, 1.807) is 19.2 Å². The van der Waals surface area contributed by atoms with Crippen LogP contribution in [0, 0.1) is 11.3 Å². The topological polar surface area (TPSA) is 100 Å². The number of amides is 2. The molecule has 8 nitrogen and oxygen atoms in total. The average molecular weight is 490 g/mol. The molecule has 0 unspecified atom stereocenters. The van der Waals surface area contributed by atoms with Crippen molar-refractivity contribution in [1.29, 1.82) is 0 Å². The molecule has 3 N–H and O–H groups in total. The van der Waals surface area contributed by atoms with Gasteiger partial charge in [0.25, 0.3) is 0 Å². The smallest absolute Gasteiger partial charge is 0.242 e. The molecule has 0 bridgehead atoms. The van der Waals surface area contributed by atoms with Crippen LogP contribution in [0.2, 0.25) is 0 Å². The second kappa shape index (κ2) is 13.1. The third kappa shape index (κ3) is 7.84. The molecule has 0 radical (unpaired) electrons. The Morgan fingerprint density at radius 2 is 1.89 bits per heavy atom. The Kier molecular flexibility index (Phi) is 10.2. The van der Waals surface area contributed by atoms with Gasteiger partial charge >= 0.3 is 0 Å². The molecule has 8 heteroatoms. The Morgan fingerprint density at radius 3 is 2.60 bits per heavy atom. The molecule has 2 fully saturated rings. The molecule has 2 amide bonds. The molecule has 0 saturated carbocycles. The van der Waals surface area contributed by atoms with Gasteiger partial charge in [0, 0.05) is 31.9 Å². The van der Waals surface area contributed by atoms with Crippen molar-refractivity contribution in [3.05, 3.63) is 23.8 Å². The van der Waals surface area contributed by atoms with Crippen LogP contribution in [-0.4, -0.2) is 67.8 Å². The monoisotopic (exact) mass is 489 g/mol. The Labute approximate surface area is 209 Å². The number of hydrogen-bond donors (Lipinski definition) is 3. The molecule has 3 rings (SSSR count). The van der Waals surface area contributed by atoms with Crippen molar-refractivity contribution in [1.82, 2.24) is 15.5 Å². The van der Waals surface area contributed by atoms with E-state index < -0.39 is 11.5 Å². The van der Waals surface area contributed by atoms with Crippen LogP contribution in [0.4, 0.5) is 0 Å². The number of hydrogen-bond acceptors (Lipinski definition) is 6. The number of phenolic OH excluding ortho intramolecular Hbond substituents is 1. The van der Waals surface area contributed by atoms with Crippen molar-refractivity contribution in [2.45, 2.75) is 71.4 Å². The molecule has 196 valence electrons. The molecule has 2 heterocycles. The number of aromatic hydroxyl groups is 1. The zero-order valence-corrected chi connectivity index (χ0v) is 21.6. The largest absolute Gasteiger partial charge is 0.508 e. The summed E-state index contributed by atoms with van der Waals surface area (Å²) in [7, 11) is 1.62. The molecular formula is C27H43N3O5. The number of carbonyl (C=O) groups is 2. The third-order valence-electron chi connectivity index (χ3n) is 7.26. The van der Waals surface area contributed by atoms with Gasteiger partial charge in [-0.25, -0.2) is 0 Å². The SMILES string of the molecule is COc1ccc(O)c(CN2CCC3(CCCCOCCCNC(=O)[C@H](CC(C)C)NC3=O)CC2)c1. The quantitative estimate of drug-likeness (QED) is 0.587. The van der Waals surface area contributed by atoms with Crippen LogP contribution in [0.5, 0.6) is 11.5 Å². The lowest BCUT2D eigenvalue weighted by atomic mass is 9.73. The summed E-state index contributed by atoms with van der Waals surface area (Å²) in [5.41, 5.74) is 0.327. The van der Waals surface area contributed by atoms with E-state index in [-0.39, 0.29) is 17.6 Å². The van der Waals surface area contributed by atoms with E-state index in [1.807, 2.05) is 6.07 Å². The lowest BCUT2D eigenvalue weighted by molar-refractivity contribution is -0.138. The van der Waals surface area contributed by atoms with Gasteiger partial charge in [-0.3, -0.25) is 14.5 Å². The molecule has 1 aromatic rings. The summed E-state index contributed by atoms with van der Waals surface area (Å²) >= 11 is 0. The van der Waals surface area contributed by atoms with E-state index in [9.17, 15) is 14.7 Å². The minimum atomic E-state index is -0.519. The van der Waals surface area contributed by atoms with Crippen molar-refractivity contribution in [2.24, 2.45) is 11.3 Å². The molecule has 0 aromatic heterocycles. The fourth-order valence-corrected chi connectivity index (χ4v) is 5.08. The lowest BCUT2D eigenvalue weighted by Crippen LogP contribution is -2.55. The maximum atomic E-state index is 13.7. The zero-order chi connectivity index (χ0) is 25.3. The Balaban J connectivity index is 1.71. The standard InChI is InChI=1S/C27H43N3O5/c1-20(2)17-23-25(32)28-12-6-16-35-15-5-4-9-27(26(33)29-23)10-13-30(14-11-27)19-21-18-22(34-3)7-8-24(21)31/h7-8,18,20,23,31H,4-6,9-17,19H2,1-3H3,(H,28,32)(H,29,33)/t23-/m0/s1. The second-order valence-corrected chi connectivity index (χ2v) is 10.4. The summed E-state index contributed by atoms with van der Waals surface area (Å²) in [5, 5.41) is 16.4. The van der Waals surface area contributed by atoms with E-state index in [0.29, 0.717) is 44.4 Å². The number of carbonyl (C=O) groups excluding carboxylic acids is 2. The zero-order valence-electron chi connectivity index (χ0n) is 21.6. The van der Waals surface area contributed by atoms with Crippen molar-refractivity contribution < 1.29 is 24.2 Å². The highest BCUT2D eigenvalue weighted by molar-refractivity contribution is 5.90. The first-order chi connectivity index (χ1) is 16.8. The van der Waals surface area contributed by atoms with Crippen LogP contribution in [0.25, 0.3) is 0 Å². The van der Waals surface area contributed by atoms with Gasteiger partial charge in [0.15, 0.2) is 0 Å². The van der Waals surface area contributed by atoms with E-state index in [2.05, 4.69) is 29.4 Å². The number of methoxy groups -OCH3 is 1.